The first-order valence-corrected chi connectivity index (χ1v) is 12.2. The van der Waals surface area contributed by atoms with E-state index in [-0.39, 0.29) is 4.32 Å². The average molecular weight is 525 g/mol. The molecular weight excluding hydrogens is 504 g/mol. The molecule has 0 bridgehead atoms. The van der Waals surface area contributed by atoms with Crippen molar-refractivity contribution < 1.29 is 19.1 Å². The Labute approximate surface area is 217 Å². The summed E-state index contributed by atoms with van der Waals surface area (Å²) in [6, 6.07) is 19.8. The van der Waals surface area contributed by atoms with E-state index in [0.29, 0.717) is 33.6 Å². The maximum absolute atomic E-state index is 12.9. The molecule has 3 aromatic rings. The van der Waals surface area contributed by atoms with Crippen LogP contribution >= 0.6 is 35.6 Å². The second kappa shape index (κ2) is 10.9. The number of methoxy groups -OCH3 is 1. The highest BCUT2D eigenvalue weighted by atomic mass is 35.5. The lowest BCUT2D eigenvalue weighted by Crippen LogP contribution is -2.44. The minimum Gasteiger partial charge on any atom is -0.493 e. The van der Waals surface area contributed by atoms with Gasteiger partial charge >= 0.3 is 0 Å². The van der Waals surface area contributed by atoms with Crippen LogP contribution in [0.15, 0.2) is 71.6 Å². The molecule has 1 fully saturated rings. The molecule has 0 spiro atoms. The van der Waals surface area contributed by atoms with Crippen LogP contribution < -0.4 is 14.9 Å². The number of ether oxygens (including phenoxy) is 2. The van der Waals surface area contributed by atoms with Crippen molar-refractivity contribution in [1.29, 1.82) is 0 Å². The second-order valence-electron chi connectivity index (χ2n) is 7.59. The molecule has 0 saturated carbocycles. The Morgan fingerprint density at radius 1 is 1.11 bits per heavy atom. The lowest BCUT2D eigenvalue weighted by molar-refractivity contribution is -0.123. The molecule has 1 N–H and O–H groups in total. The molecule has 0 aliphatic carbocycles. The molecule has 4 rings (SSSR count). The summed E-state index contributed by atoms with van der Waals surface area (Å²) in [6.45, 7) is 2.45. The van der Waals surface area contributed by atoms with Gasteiger partial charge in [0.25, 0.3) is 11.8 Å². The standard InChI is InChI=1S/C26H21ClN2O4S2/c1-16-5-3-4-6-19(16)15-33-21-12-7-17(13-22(21)32-2)14-23-25(31)29(26(34)35-23)28-24(30)18-8-10-20(27)11-9-18/h3-14H,15H2,1-2H3,(H,28,30)/b23-14-. The summed E-state index contributed by atoms with van der Waals surface area (Å²) >= 11 is 12.3. The van der Waals surface area contributed by atoms with Gasteiger partial charge in [-0.05, 0) is 78.3 Å². The third kappa shape index (κ3) is 5.85. The Morgan fingerprint density at radius 2 is 1.86 bits per heavy atom. The number of rotatable bonds is 7. The molecule has 1 saturated heterocycles. The van der Waals surface area contributed by atoms with Crippen molar-refractivity contribution in [2.45, 2.75) is 13.5 Å². The zero-order valence-corrected chi connectivity index (χ0v) is 21.3. The van der Waals surface area contributed by atoms with Crippen LogP contribution in [-0.4, -0.2) is 28.3 Å². The summed E-state index contributed by atoms with van der Waals surface area (Å²) in [5.74, 6) is 0.256. The lowest BCUT2D eigenvalue weighted by atomic mass is 10.1. The monoisotopic (exact) mass is 524 g/mol. The van der Waals surface area contributed by atoms with Gasteiger partial charge in [-0.15, -0.1) is 0 Å². The molecule has 9 heteroatoms. The van der Waals surface area contributed by atoms with Crippen molar-refractivity contribution in [3.8, 4) is 11.5 Å². The fraction of sp³-hybridized carbons (Fsp3) is 0.115. The summed E-state index contributed by atoms with van der Waals surface area (Å²) in [4.78, 5) is 25.8. The number of amides is 2. The Bertz CT molecular complexity index is 1330. The number of carbonyl (C=O) groups is 2. The summed E-state index contributed by atoms with van der Waals surface area (Å²) in [6.07, 6.45) is 1.70. The molecule has 0 aromatic heterocycles. The molecule has 3 aromatic carbocycles. The van der Waals surface area contributed by atoms with Gasteiger partial charge in [-0.3, -0.25) is 15.0 Å². The zero-order valence-electron chi connectivity index (χ0n) is 18.9. The van der Waals surface area contributed by atoms with Crippen molar-refractivity contribution in [1.82, 2.24) is 10.4 Å². The molecule has 0 radical (unpaired) electrons. The fourth-order valence-corrected chi connectivity index (χ4v) is 4.61. The SMILES string of the molecule is COc1cc(/C=C2\SC(=S)N(NC(=O)c3ccc(Cl)cc3)C2=O)ccc1OCc1ccccc1C. The van der Waals surface area contributed by atoms with Gasteiger partial charge in [0.15, 0.2) is 15.8 Å². The van der Waals surface area contributed by atoms with Gasteiger partial charge in [-0.1, -0.05) is 53.7 Å². The van der Waals surface area contributed by atoms with E-state index in [2.05, 4.69) is 5.43 Å². The van der Waals surface area contributed by atoms with E-state index >= 15 is 0 Å². The average Bonchev–Trinajstić information content (AvgIpc) is 3.11. The summed E-state index contributed by atoms with van der Waals surface area (Å²) < 4.78 is 11.7. The third-order valence-corrected chi connectivity index (χ3v) is 6.80. The van der Waals surface area contributed by atoms with E-state index in [1.807, 2.05) is 37.3 Å². The van der Waals surface area contributed by atoms with Crippen LogP contribution in [0.4, 0.5) is 0 Å². The van der Waals surface area contributed by atoms with Crippen LogP contribution in [-0.2, 0) is 11.4 Å². The molecule has 35 heavy (non-hydrogen) atoms. The van der Waals surface area contributed by atoms with E-state index in [4.69, 9.17) is 33.3 Å². The minimum atomic E-state index is -0.462. The van der Waals surface area contributed by atoms with Crippen LogP contribution in [0.25, 0.3) is 6.08 Å². The number of nitrogens with one attached hydrogen (secondary N) is 1. The summed E-state index contributed by atoms with van der Waals surface area (Å²) in [5.41, 5.74) is 5.88. The summed E-state index contributed by atoms with van der Waals surface area (Å²) in [5, 5.41) is 1.58. The highest BCUT2D eigenvalue weighted by Crippen LogP contribution is 2.34. The quantitative estimate of drug-likeness (QED) is 0.312. The Kier molecular flexibility index (Phi) is 7.75. The van der Waals surface area contributed by atoms with Crippen molar-refractivity contribution in [3.05, 3.63) is 98.9 Å². The minimum absolute atomic E-state index is 0.230. The van der Waals surface area contributed by atoms with Crippen LogP contribution in [0.3, 0.4) is 0 Å². The third-order valence-electron chi connectivity index (χ3n) is 5.24. The molecule has 1 aliphatic heterocycles. The maximum atomic E-state index is 12.9. The first kappa shape index (κ1) is 24.8. The largest absolute Gasteiger partial charge is 0.493 e. The Balaban J connectivity index is 1.47. The predicted molar refractivity (Wildman–Crippen MR) is 142 cm³/mol. The van der Waals surface area contributed by atoms with Crippen LogP contribution in [0.5, 0.6) is 11.5 Å². The number of thiocarbonyl (C=S) groups is 1. The molecule has 1 heterocycles. The van der Waals surface area contributed by atoms with E-state index in [0.717, 1.165) is 33.5 Å². The number of hydrogen-bond acceptors (Lipinski definition) is 6. The van der Waals surface area contributed by atoms with Crippen LogP contribution in [0.1, 0.15) is 27.0 Å². The maximum Gasteiger partial charge on any atom is 0.285 e. The predicted octanol–water partition coefficient (Wildman–Crippen LogP) is 5.78. The summed E-state index contributed by atoms with van der Waals surface area (Å²) in [7, 11) is 1.56. The molecule has 0 atom stereocenters. The van der Waals surface area contributed by atoms with Crippen molar-refractivity contribution in [2.24, 2.45) is 0 Å². The molecule has 1 aliphatic rings. The molecule has 178 valence electrons. The molecule has 0 unspecified atom stereocenters. The smallest absolute Gasteiger partial charge is 0.285 e. The number of hydrazine groups is 1. The van der Waals surface area contributed by atoms with E-state index in [9.17, 15) is 9.59 Å². The van der Waals surface area contributed by atoms with Gasteiger partial charge in [0, 0.05) is 10.6 Å². The van der Waals surface area contributed by atoms with Crippen LogP contribution in [0.2, 0.25) is 5.02 Å². The first-order chi connectivity index (χ1) is 16.9. The molecule has 2 amide bonds. The highest BCUT2D eigenvalue weighted by molar-refractivity contribution is 8.26. The van der Waals surface area contributed by atoms with E-state index in [1.165, 1.54) is 0 Å². The van der Waals surface area contributed by atoms with Gasteiger partial charge in [0.1, 0.15) is 6.61 Å². The molecular formula is C26H21ClN2O4S2. The van der Waals surface area contributed by atoms with Crippen molar-refractivity contribution in [2.75, 3.05) is 7.11 Å². The number of nitrogens with zero attached hydrogens (tertiary/aromatic N) is 1. The topological polar surface area (TPSA) is 67.9 Å². The number of benzene rings is 3. The van der Waals surface area contributed by atoms with Gasteiger partial charge < -0.3 is 9.47 Å². The highest BCUT2D eigenvalue weighted by Gasteiger charge is 2.33. The second-order valence-corrected chi connectivity index (χ2v) is 9.70. The van der Waals surface area contributed by atoms with E-state index in [1.54, 1.807) is 49.6 Å². The number of aryl methyl sites for hydroxylation is 1. The first-order valence-electron chi connectivity index (χ1n) is 10.6. The molecule has 6 nitrogen and oxygen atoms in total. The van der Waals surface area contributed by atoms with Gasteiger partial charge in [-0.25, -0.2) is 0 Å². The van der Waals surface area contributed by atoms with Crippen molar-refractivity contribution in [3.63, 3.8) is 0 Å². The number of hydrogen-bond donors (Lipinski definition) is 1. The van der Waals surface area contributed by atoms with Crippen LogP contribution in [0, 0.1) is 6.92 Å². The lowest BCUT2D eigenvalue weighted by Gasteiger charge is -2.15. The number of carbonyl (C=O) groups excluding carboxylic acids is 2. The fourth-order valence-electron chi connectivity index (χ4n) is 3.30. The van der Waals surface area contributed by atoms with Gasteiger partial charge in [0.05, 0.1) is 12.0 Å². The number of thioether (sulfide) groups is 1. The van der Waals surface area contributed by atoms with Gasteiger partial charge in [-0.2, -0.15) is 5.01 Å². The van der Waals surface area contributed by atoms with Gasteiger partial charge in [0.2, 0.25) is 0 Å². The zero-order chi connectivity index (χ0) is 24.9. The Morgan fingerprint density at radius 3 is 2.57 bits per heavy atom. The Hall–Kier alpha value is -3.33. The number of halogens is 1. The van der Waals surface area contributed by atoms with E-state index < -0.39 is 11.8 Å². The van der Waals surface area contributed by atoms with Crippen molar-refractivity contribution >= 4 is 57.8 Å². The normalized spacial score (nSPS) is 14.4.